The van der Waals surface area contributed by atoms with Crippen LogP contribution in [-0.2, 0) is 26.4 Å². The Bertz CT molecular complexity index is 910. The minimum atomic E-state index is -1.66. The number of nitrogens with one attached hydrogen (secondary N) is 1. The van der Waals surface area contributed by atoms with E-state index in [9.17, 15) is 14.0 Å². The van der Waals surface area contributed by atoms with Crippen LogP contribution < -0.4 is 11.1 Å². The van der Waals surface area contributed by atoms with E-state index in [-0.39, 0.29) is 24.3 Å². The van der Waals surface area contributed by atoms with E-state index < -0.39 is 34.9 Å². The SMILES string of the molecule is CC(C)OC(=O)C(CC(C)(C)C)(NC(=O)OCc1ccccc1)c1ccc(N)c(F)c1. The Balaban J connectivity index is 2.45. The molecule has 0 fully saturated rings. The van der Waals surface area contributed by atoms with E-state index in [1.807, 2.05) is 51.1 Å². The summed E-state index contributed by atoms with van der Waals surface area (Å²) in [6, 6.07) is 13.2. The van der Waals surface area contributed by atoms with Gasteiger partial charge >= 0.3 is 12.1 Å². The average Bonchev–Trinajstić information content (AvgIpc) is 2.67. The topological polar surface area (TPSA) is 90.6 Å². The second-order valence-electron chi connectivity index (χ2n) is 9.02. The standard InChI is InChI=1S/C24H31FN2O4/c1-16(2)31-21(28)24(15-23(3,4)5,18-11-12-20(26)19(25)13-18)27-22(29)30-14-17-9-7-6-8-10-17/h6-13,16H,14-15,26H2,1-5H3,(H,27,29). The second kappa shape index (κ2) is 9.81. The highest BCUT2D eigenvalue weighted by Crippen LogP contribution is 2.37. The minimum Gasteiger partial charge on any atom is -0.461 e. The number of amides is 1. The largest absolute Gasteiger partial charge is 0.461 e. The van der Waals surface area contributed by atoms with E-state index in [4.69, 9.17) is 15.2 Å². The Kier molecular flexibility index (Phi) is 7.65. The Morgan fingerprint density at radius 2 is 1.74 bits per heavy atom. The van der Waals surface area contributed by atoms with Crippen molar-refractivity contribution in [1.82, 2.24) is 5.32 Å². The van der Waals surface area contributed by atoms with Crippen LogP contribution in [-0.4, -0.2) is 18.2 Å². The van der Waals surface area contributed by atoms with Crippen LogP contribution in [0.5, 0.6) is 0 Å². The van der Waals surface area contributed by atoms with Crippen LogP contribution in [0.4, 0.5) is 14.9 Å². The van der Waals surface area contributed by atoms with Crippen LogP contribution in [0.25, 0.3) is 0 Å². The first-order valence-corrected chi connectivity index (χ1v) is 10.2. The number of esters is 1. The van der Waals surface area contributed by atoms with Crippen LogP contribution in [0.1, 0.15) is 52.2 Å². The molecule has 2 aromatic rings. The lowest BCUT2D eigenvalue weighted by molar-refractivity contribution is -0.157. The maximum absolute atomic E-state index is 14.4. The molecule has 7 heteroatoms. The second-order valence-corrected chi connectivity index (χ2v) is 9.02. The predicted octanol–water partition coefficient (Wildman–Crippen LogP) is 4.92. The number of carbonyl (C=O) groups is 2. The van der Waals surface area contributed by atoms with Gasteiger partial charge in [0.05, 0.1) is 11.8 Å². The number of carbonyl (C=O) groups excluding carboxylic acids is 2. The third-order valence-electron chi connectivity index (χ3n) is 4.51. The van der Waals surface area contributed by atoms with Gasteiger partial charge in [-0.1, -0.05) is 57.2 Å². The van der Waals surface area contributed by atoms with Crippen molar-refractivity contribution in [3.8, 4) is 0 Å². The molecule has 0 aromatic heterocycles. The number of halogens is 1. The molecule has 0 bridgehead atoms. The minimum absolute atomic E-state index is 0.0214. The lowest BCUT2D eigenvalue weighted by atomic mass is 9.75. The van der Waals surface area contributed by atoms with Gasteiger partial charge in [0.1, 0.15) is 12.4 Å². The van der Waals surface area contributed by atoms with Crippen LogP contribution in [0.15, 0.2) is 48.5 Å². The maximum Gasteiger partial charge on any atom is 0.408 e. The van der Waals surface area contributed by atoms with Crippen molar-refractivity contribution in [3.63, 3.8) is 0 Å². The third kappa shape index (κ3) is 6.70. The van der Waals surface area contributed by atoms with Crippen molar-refractivity contribution in [2.45, 2.75) is 59.3 Å². The number of hydrogen-bond donors (Lipinski definition) is 2. The molecule has 0 radical (unpaired) electrons. The molecular weight excluding hydrogens is 399 g/mol. The molecule has 0 aliphatic carbocycles. The molecular formula is C24H31FN2O4. The normalized spacial score (nSPS) is 13.4. The fraction of sp³-hybridized carbons (Fsp3) is 0.417. The molecule has 31 heavy (non-hydrogen) atoms. The number of benzene rings is 2. The smallest absolute Gasteiger partial charge is 0.408 e. The average molecular weight is 431 g/mol. The summed E-state index contributed by atoms with van der Waals surface area (Å²) in [7, 11) is 0. The van der Waals surface area contributed by atoms with E-state index in [1.165, 1.54) is 12.1 Å². The number of rotatable bonds is 7. The number of nitrogens with two attached hydrogens (primary N) is 1. The number of hydrogen-bond acceptors (Lipinski definition) is 5. The van der Waals surface area contributed by atoms with Gasteiger partial charge in [0.15, 0.2) is 5.54 Å². The molecule has 0 aliphatic rings. The van der Waals surface area contributed by atoms with Gasteiger partial charge in [-0.3, -0.25) is 0 Å². The Labute approximate surface area is 182 Å². The van der Waals surface area contributed by atoms with Crippen LogP contribution in [0, 0.1) is 11.2 Å². The molecule has 0 spiro atoms. The summed E-state index contributed by atoms with van der Waals surface area (Å²) in [4.78, 5) is 26.1. The molecule has 6 nitrogen and oxygen atoms in total. The maximum atomic E-state index is 14.4. The van der Waals surface area contributed by atoms with Crippen molar-refractivity contribution < 1.29 is 23.5 Å². The van der Waals surface area contributed by atoms with Crippen molar-refractivity contribution in [1.29, 1.82) is 0 Å². The van der Waals surface area contributed by atoms with Gasteiger partial charge in [-0.2, -0.15) is 0 Å². The lowest BCUT2D eigenvalue weighted by Gasteiger charge is -2.38. The van der Waals surface area contributed by atoms with Crippen LogP contribution >= 0.6 is 0 Å². The van der Waals surface area contributed by atoms with E-state index >= 15 is 0 Å². The molecule has 0 saturated heterocycles. The summed E-state index contributed by atoms with van der Waals surface area (Å²) in [6.07, 6.45) is -1.10. The monoisotopic (exact) mass is 430 g/mol. The predicted molar refractivity (Wildman–Crippen MR) is 118 cm³/mol. The van der Waals surface area contributed by atoms with Crippen molar-refractivity contribution in [2.75, 3.05) is 5.73 Å². The van der Waals surface area contributed by atoms with Gasteiger partial charge < -0.3 is 20.5 Å². The van der Waals surface area contributed by atoms with Crippen molar-refractivity contribution in [2.24, 2.45) is 5.41 Å². The van der Waals surface area contributed by atoms with Gasteiger partial charge in [-0.15, -0.1) is 0 Å². The molecule has 1 amide bonds. The molecule has 2 aromatic carbocycles. The quantitative estimate of drug-likeness (QED) is 0.481. The molecule has 0 heterocycles. The first-order valence-electron chi connectivity index (χ1n) is 10.2. The zero-order valence-electron chi connectivity index (χ0n) is 18.7. The molecule has 2 rings (SSSR count). The fourth-order valence-electron chi connectivity index (χ4n) is 3.30. The highest BCUT2D eigenvalue weighted by Gasteiger charge is 2.47. The summed E-state index contributed by atoms with van der Waals surface area (Å²) in [6.45, 7) is 9.17. The number of ether oxygens (including phenoxy) is 2. The van der Waals surface area contributed by atoms with E-state index in [0.29, 0.717) is 0 Å². The first kappa shape index (κ1) is 24.2. The Morgan fingerprint density at radius 1 is 1.10 bits per heavy atom. The van der Waals surface area contributed by atoms with E-state index in [0.717, 1.165) is 11.6 Å². The molecule has 0 saturated carbocycles. The summed E-state index contributed by atoms with van der Waals surface area (Å²) < 4.78 is 25.2. The zero-order valence-corrected chi connectivity index (χ0v) is 18.7. The summed E-state index contributed by atoms with van der Waals surface area (Å²) >= 11 is 0. The Morgan fingerprint density at radius 3 is 2.29 bits per heavy atom. The summed E-state index contributed by atoms with van der Waals surface area (Å²) in [5.41, 5.74) is 4.50. The van der Waals surface area contributed by atoms with Crippen LogP contribution in [0.3, 0.4) is 0 Å². The Hall–Kier alpha value is -3.09. The molecule has 0 aliphatic heterocycles. The van der Waals surface area contributed by atoms with E-state index in [2.05, 4.69) is 5.32 Å². The zero-order chi connectivity index (χ0) is 23.2. The van der Waals surface area contributed by atoms with Gasteiger partial charge in [0.25, 0.3) is 0 Å². The molecule has 3 N–H and O–H groups in total. The molecule has 1 atom stereocenters. The van der Waals surface area contributed by atoms with Crippen molar-refractivity contribution >= 4 is 17.7 Å². The van der Waals surface area contributed by atoms with Gasteiger partial charge in [0.2, 0.25) is 0 Å². The lowest BCUT2D eigenvalue weighted by Crippen LogP contribution is -2.55. The highest BCUT2D eigenvalue weighted by molar-refractivity contribution is 5.87. The highest BCUT2D eigenvalue weighted by atomic mass is 19.1. The van der Waals surface area contributed by atoms with E-state index in [1.54, 1.807) is 13.8 Å². The van der Waals surface area contributed by atoms with Gasteiger partial charge in [0, 0.05) is 0 Å². The van der Waals surface area contributed by atoms with Crippen molar-refractivity contribution in [3.05, 3.63) is 65.5 Å². The number of anilines is 1. The molecule has 1 unspecified atom stereocenters. The summed E-state index contributed by atoms with van der Waals surface area (Å²) in [5.74, 6) is -1.38. The number of alkyl carbamates (subject to hydrolysis) is 1. The fourth-order valence-corrected chi connectivity index (χ4v) is 3.30. The van der Waals surface area contributed by atoms with Gasteiger partial charge in [-0.05, 0) is 48.9 Å². The number of nitrogen functional groups attached to an aromatic ring is 1. The van der Waals surface area contributed by atoms with Gasteiger partial charge in [-0.25, -0.2) is 14.0 Å². The third-order valence-corrected chi connectivity index (χ3v) is 4.51. The van der Waals surface area contributed by atoms with Crippen LogP contribution in [0.2, 0.25) is 0 Å². The summed E-state index contributed by atoms with van der Waals surface area (Å²) in [5, 5.41) is 2.68. The molecule has 168 valence electrons. The first-order chi connectivity index (χ1) is 14.4.